The zero-order valence-electron chi connectivity index (χ0n) is 12.0. The summed E-state index contributed by atoms with van der Waals surface area (Å²) in [5.74, 6) is 0.189. The molecule has 2 rings (SSSR count). The molecule has 0 radical (unpaired) electrons. The van der Waals surface area contributed by atoms with Gasteiger partial charge >= 0.3 is 0 Å². The van der Waals surface area contributed by atoms with Crippen LogP contribution in [0.2, 0.25) is 0 Å². The molecule has 0 aromatic heterocycles. The Kier molecular flexibility index (Phi) is 4.28. The van der Waals surface area contributed by atoms with Gasteiger partial charge in [0.25, 0.3) is 0 Å². The summed E-state index contributed by atoms with van der Waals surface area (Å²) in [6.45, 7) is 6.02. The van der Waals surface area contributed by atoms with E-state index in [0.717, 1.165) is 13.1 Å². The van der Waals surface area contributed by atoms with Crippen molar-refractivity contribution in [2.24, 2.45) is 0 Å². The average molecular weight is 253 g/mol. The predicted octanol–water partition coefficient (Wildman–Crippen LogP) is 1.12. The molecule has 4 heteroatoms. The Hall–Kier alpha value is -0.610. The fourth-order valence-corrected chi connectivity index (χ4v) is 3.55. The molecule has 0 bridgehead atoms. The van der Waals surface area contributed by atoms with Gasteiger partial charge in [-0.1, -0.05) is 19.3 Å². The first kappa shape index (κ1) is 13.8. The summed E-state index contributed by atoms with van der Waals surface area (Å²) in [6, 6.07) is 0.569. The molecule has 1 atom stereocenters. The van der Waals surface area contributed by atoms with E-state index in [-0.39, 0.29) is 17.5 Å². The Morgan fingerprint density at radius 1 is 1.33 bits per heavy atom. The van der Waals surface area contributed by atoms with Gasteiger partial charge in [0.1, 0.15) is 6.04 Å². The normalized spacial score (nSPS) is 30.2. The van der Waals surface area contributed by atoms with Crippen molar-refractivity contribution in [2.45, 2.75) is 63.6 Å². The number of nitrogens with zero attached hydrogens (tertiary/aromatic N) is 1. The molecule has 1 amide bonds. The first-order valence-corrected chi connectivity index (χ1v) is 7.27. The van der Waals surface area contributed by atoms with E-state index in [2.05, 4.69) is 29.4 Å². The van der Waals surface area contributed by atoms with Crippen molar-refractivity contribution in [3.8, 4) is 0 Å². The molecule has 1 saturated heterocycles. The quantitative estimate of drug-likeness (QED) is 0.792. The van der Waals surface area contributed by atoms with Gasteiger partial charge in [0, 0.05) is 24.7 Å². The van der Waals surface area contributed by atoms with Crippen LogP contribution in [0.15, 0.2) is 0 Å². The predicted molar refractivity (Wildman–Crippen MR) is 73.5 cm³/mol. The number of nitrogens with one attached hydrogen (secondary N) is 2. The molecule has 1 heterocycles. The maximum Gasteiger partial charge on any atom is 0.238 e. The fourth-order valence-electron chi connectivity index (χ4n) is 3.55. The van der Waals surface area contributed by atoms with Crippen molar-refractivity contribution in [2.75, 3.05) is 20.1 Å². The molecule has 2 fully saturated rings. The van der Waals surface area contributed by atoms with Crippen LogP contribution < -0.4 is 10.6 Å². The molecule has 2 N–H and O–H groups in total. The Balaban J connectivity index is 2.19. The van der Waals surface area contributed by atoms with Gasteiger partial charge in [-0.25, -0.2) is 0 Å². The second-order valence-electron chi connectivity index (χ2n) is 6.30. The van der Waals surface area contributed by atoms with Gasteiger partial charge in [-0.05, 0) is 33.7 Å². The molecule has 1 saturated carbocycles. The molecule has 104 valence electrons. The summed E-state index contributed by atoms with van der Waals surface area (Å²) >= 11 is 0. The number of hydrogen-bond acceptors (Lipinski definition) is 3. The van der Waals surface area contributed by atoms with Crippen LogP contribution in [0.1, 0.15) is 46.0 Å². The van der Waals surface area contributed by atoms with Crippen LogP contribution in [-0.2, 0) is 4.79 Å². The molecule has 1 unspecified atom stereocenters. The number of rotatable bonds is 3. The Morgan fingerprint density at radius 3 is 2.61 bits per heavy atom. The molecular weight excluding hydrogens is 226 g/mol. The smallest absolute Gasteiger partial charge is 0.238 e. The summed E-state index contributed by atoms with van der Waals surface area (Å²) in [6.07, 6.45) is 6.47. The minimum absolute atomic E-state index is 0.0122. The molecule has 0 aromatic carbocycles. The van der Waals surface area contributed by atoms with E-state index in [1.54, 1.807) is 0 Å². The topological polar surface area (TPSA) is 44.4 Å². The average Bonchev–Trinajstić information content (AvgIpc) is 2.35. The van der Waals surface area contributed by atoms with Gasteiger partial charge in [-0.2, -0.15) is 0 Å². The van der Waals surface area contributed by atoms with Gasteiger partial charge in [0.15, 0.2) is 0 Å². The monoisotopic (exact) mass is 253 g/mol. The Morgan fingerprint density at radius 2 is 2.00 bits per heavy atom. The maximum atomic E-state index is 12.1. The van der Waals surface area contributed by atoms with E-state index in [9.17, 15) is 4.79 Å². The van der Waals surface area contributed by atoms with Gasteiger partial charge < -0.3 is 10.6 Å². The summed E-state index contributed by atoms with van der Waals surface area (Å²) in [5, 5.41) is 6.23. The molecule has 0 spiro atoms. The lowest BCUT2D eigenvalue weighted by Gasteiger charge is -2.52. The van der Waals surface area contributed by atoms with Gasteiger partial charge in [0.2, 0.25) is 5.91 Å². The second kappa shape index (κ2) is 5.57. The van der Waals surface area contributed by atoms with E-state index < -0.39 is 0 Å². The zero-order valence-corrected chi connectivity index (χ0v) is 12.0. The van der Waals surface area contributed by atoms with Crippen LogP contribution in [0.5, 0.6) is 0 Å². The highest BCUT2D eigenvalue weighted by atomic mass is 16.2. The number of piperazine rings is 1. The van der Waals surface area contributed by atoms with Crippen molar-refractivity contribution in [1.82, 2.24) is 15.5 Å². The third kappa shape index (κ3) is 2.69. The van der Waals surface area contributed by atoms with Gasteiger partial charge in [0.05, 0.1) is 0 Å². The number of carbonyl (C=O) groups excluding carboxylic acids is 1. The minimum Gasteiger partial charge on any atom is -0.353 e. The van der Waals surface area contributed by atoms with Crippen LogP contribution >= 0.6 is 0 Å². The highest BCUT2D eigenvalue weighted by molar-refractivity contribution is 5.83. The van der Waals surface area contributed by atoms with Crippen molar-refractivity contribution in [3.63, 3.8) is 0 Å². The maximum absolute atomic E-state index is 12.1. The van der Waals surface area contributed by atoms with Crippen LogP contribution in [-0.4, -0.2) is 48.6 Å². The summed E-state index contributed by atoms with van der Waals surface area (Å²) in [4.78, 5) is 14.6. The lowest BCUT2D eigenvalue weighted by Crippen LogP contribution is -2.70. The third-order valence-electron chi connectivity index (χ3n) is 4.40. The van der Waals surface area contributed by atoms with E-state index in [1.807, 2.05) is 7.05 Å². The zero-order chi connectivity index (χ0) is 13.2. The van der Waals surface area contributed by atoms with Crippen molar-refractivity contribution in [1.29, 1.82) is 0 Å². The van der Waals surface area contributed by atoms with Crippen LogP contribution in [0.4, 0.5) is 0 Å². The van der Waals surface area contributed by atoms with E-state index in [0.29, 0.717) is 6.04 Å². The molecule has 1 aliphatic heterocycles. The summed E-state index contributed by atoms with van der Waals surface area (Å²) in [7, 11) is 1.92. The van der Waals surface area contributed by atoms with Crippen LogP contribution in [0.25, 0.3) is 0 Å². The molecule has 2 aliphatic rings. The summed E-state index contributed by atoms with van der Waals surface area (Å²) in [5.41, 5.74) is 0.0669. The van der Waals surface area contributed by atoms with E-state index in [4.69, 9.17) is 0 Å². The Bertz CT molecular complexity index is 297. The van der Waals surface area contributed by atoms with E-state index >= 15 is 0 Å². The lowest BCUT2D eigenvalue weighted by atomic mass is 9.86. The number of hydrogen-bond donors (Lipinski definition) is 2. The lowest BCUT2D eigenvalue weighted by molar-refractivity contribution is -0.137. The standard InChI is InChI=1S/C14H27N3O/c1-14(2)10-16-13(18)12(9-15-3)17(14)11-7-5-4-6-8-11/h11-12,15H,4-10H2,1-3H3,(H,16,18). The van der Waals surface area contributed by atoms with Crippen molar-refractivity contribution >= 4 is 5.91 Å². The molecule has 4 nitrogen and oxygen atoms in total. The largest absolute Gasteiger partial charge is 0.353 e. The third-order valence-corrected chi connectivity index (χ3v) is 4.40. The SMILES string of the molecule is CNCC1C(=O)NCC(C)(C)N1C1CCCCC1. The van der Waals surface area contributed by atoms with Crippen LogP contribution in [0, 0.1) is 0 Å². The number of likely N-dealkylation sites (N-methyl/N-ethyl adjacent to an activating group) is 1. The second-order valence-corrected chi connectivity index (χ2v) is 6.30. The number of amides is 1. The minimum atomic E-state index is -0.0122. The van der Waals surface area contributed by atoms with Gasteiger partial charge in [-0.3, -0.25) is 9.69 Å². The van der Waals surface area contributed by atoms with E-state index in [1.165, 1.54) is 32.1 Å². The van der Waals surface area contributed by atoms with Gasteiger partial charge in [-0.15, -0.1) is 0 Å². The summed E-state index contributed by atoms with van der Waals surface area (Å²) < 4.78 is 0. The Labute approximate surface area is 110 Å². The highest BCUT2D eigenvalue weighted by Gasteiger charge is 2.44. The van der Waals surface area contributed by atoms with Crippen molar-refractivity contribution < 1.29 is 4.79 Å². The number of carbonyl (C=O) groups is 1. The van der Waals surface area contributed by atoms with Crippen LogP contribution in [0.3, 0.4) is 0 Å². The molecule has 0 aromatic rings. The fraction of sp³-hybridized carbons (Fsp3) is 0.929. The molecular formula is C14H27N3O. The van der Waals surface area contributed by atoms with Crippen molar-refractivity contribution in [3.05, 3.63) is 0 Å². The first-order valence-electron chi connectivity index (χ1n) is 7.27. The first-order chi connectivity index (χ1) is 8.56. The molecule has 1 aliphatic carbocycles. The highest BCUT2D eigenvalue weighted by Crippen LogP contribution is 2.31. The molecule has 18 heavy (non-hydrogen) atoms.